The van der Waals surface area contributed by atoms with Crippen molar-refractivity contribution in [3.8, 4) is 6.07 Å². The third-order valence-electron chi connectivity index (χ3n) is 7.12. The van der Waals surface area contributed by atoms with E-state index in [1.807, 2.05) is 31.2 Å². The zero-order chi connectivity index (χ0) is 25.1. The van der Waals surface area contributed by atoms with Crippen LogP contribution >= 0.6 is 0 Å². The SMILES string of the molecule is Cc1cc(NC2CCN(CC3CN(c4ccc(C#N)c5ncccc45)CC(C)O3)CC2)cc(CO)n1. The van der Waals surface area contributed by atoms with Gasteiger partial charge in [-0.15, -0.1) is 0 Å². The van der Waals surface area contributed by atoms with E-state index in [1.165, 1.54) is 0 Å². The van der Waals surface area contributed by atoms with Crippen LogP contribution in [0.4, 0.5) is 11.4 Å². The zero-order valence-corrected chi connectivity index (χ0v) is 21.0. The van der Waals surface area contributed by atoms with E-state index in [-0.39, 0.29) is 18.8 Å². The second-order valence-electron chi connectivity index (χ2n) is 9.98. The highest BCUT2D eigenvalue weighted by molar-refractivity contribution is 5.95. The van der Waals surface area contributed by atoms with Crippen LogP contribution in [-0.4, -0.2) is 70.9 Å². The van der Waals surface area contributed by atoms with Gasteiger partial charge in [0, 0.05) is 67.4 Å². The summed E-state index contributed by atoms with van der Waals surface area (Å²) in [7, 11) is 0. The zero-order valence-electron chi connectivity index (χ0n) is 21.0. The quantitative estimate of drug-likeness (QED) is 0.547. The lowest BCUT2D eigenvalue weighted by Crippen LogP contribution is -2.52. The van der Waals surface area contributed by atoms with Crippen LogP contribution in [0.1, 0.15) is 36.7 Å². The summed E-state index contributed by atoms with van der Waals surface area (Å²) in [6.45, 7) is 8.64. The number of aromatic nitrogens is 2. The molecule has 36 heavy (non-hydrogen) atoms. The highest BCUT2D eigenvalue weighted by atomic mass is 16.5. The van der Waals surface area contributed by atoms with Gasteiger partial charge in [-0.05, 0) is 63.1 Å². The van der Waals surface area contributed by atoms with Crippen molar-refractivity contribution in [3.63, 3.8) is 0 Å². The van der Waals surface area contributed by atoms with Gasteiger partial charge in [-0.3, -0.25) is 9.97 Å². The number of hydrogen-bond acceptors (Lipinski definition) is 8. The maximum absolute atomic E-state index is 9.49. The lowest BCUT2D eigenvalue weighted by atomic mass is 10.0. The Morgan fingerprint density at radius 1 is 1.19 bits per heavy atom. The van der Waals surface area contributed by atoms with Gasteiger partial charge in [0.2, 0.25) is 0 Å². The number of morpholine rings is 1. The molecule has 2 saturated heterocycles. The molecule has 0 bridgehead atoms. The van der Waals surface area contributed by atoms with E-state index in [0.29, 0.717) is 17.3 Å². The standard InChI is InChI=1S/C28H34N6O2/c1-19-12-23(13-24(18-35)31-19)32-22-7-10-33(11-8-22)16-25-17-34(15-20(2)36-25)27-6-5-21(14-29)28-26(27)4-3-9-30-28/h3-6,9,12-13,20,22,25,35H,7-8,10-11,15-18H2,1-2H3,(H,31,32). The van der Waals surface area contributed by atoms with E-state index in [9.17, 15) is 10.4 Å². The minimum absolute atomic E-state index is 0.0413. The molecule has 4 heterocycles. The van der Waals surface area contributed by atoms with Crippen LogP contribution in [-0.2, 0) is 11.3 Å². The second-order valence-corrected chi connectivity index (χ2v) is 9.98. The van der Waals surface area contributed by atoms with Crippen molar-refractivity contribution in [2.24, 2.45) is 0 Å². The average Bonchev–Trinajstić information content (AvgIpc) is 2.88. The van der Waals surface area contributed by atoms with Gasteiger partial charge in [0.15, 0.2) is 0 Å². The Labute approximate surface area is 212 Å². The molecule has 8 nitrogen and oxygen atoms in total. The molecule has 2 aliphatic rings. The first-order valence-electron chi connectivity index (χ1n) is 12.8. The summed E-state index contributed by atoms with van der Waals surface area (Å²) in [5.74, 6) is 0. The van der Waals surface area contributed by atoms with E-state index in [1.54, 1.807) is 6.20 Å². The number of pyridine rings is 2. The number of fused-ring (bicyclic) bond motifs is 1. The number of aryl methyl sites for hydroxylation is 1. The normalized spacial score (nSPS) is 21.4. The topological polar surface area (TPSA) is 97.5 Å². The van der Waals surface area contributed by atoms with Gasteiger partial charge < -0.3 is 25.0 Å². The van der Waals surface area contributed by atoms with Gasteiger partial charge >= 0.3 is 0 Å². The largest absolute Gasteiger partial charge is 0.390 e. The number of piperidine rings is 1. The Bertz CT molecular complexity index is 1250. The van der Waals surface area contributed by atoms with E-state index in [2.05, 4.69) is 50.2 Å². The van der Waals surface area contributed by atoms with Gasteiger partial charge in [-0.1, -0.05) is 0 Å². The highest BCUT2D eigenvalue weighted by Gasteiger charge is 2.29. The molecule has 5 rings (SSSR count). The summed E-state index contributed by atoms with van der Waals surface area (Å²) < 4.78 is 6.36. The summed E-state index contributed by atoms with van der Waals surface area (Å²) in [6.07, 6.45) is 4.12. The summed E-state index contributed by atoms with van der Waals surface area (Å²) in [4.78, 5) is 13.7. The third-order valence-corrected chi connectivity index (χ3v) is 7.12. The maximum atomic E-state index is 9.49. The fourth-order valence-electron chi connectivity index (χ4n) is 5.55. The van der Waals surface area contributed by atoms with Crippen LogP contribution in [0, 0.1) is 18.3 Å². The van der Waals surface area contributed by atoms with E-state index in [0.717, 1.165) is 73.5 Å². The molecular weight excluding hydrogens is 452 g/mol. The van der Waals surface area contributed by atoms with Crippen molar-refractivity contribution in [1.29, 1.82) is 5.26 Å². The number of benzene rings is 1. The maximum Gasteiger partial charge on any atom is 0.101 e. The van der Waals surface area contributed by atoms with Gasteiger partial charge in [0.25, 0.3) is 0 Å². The predicted octanol–water partition coefficient (Wildman–Crippen LogP) is 3.47. The number of rotatable bonds is 6. The molecular formula is C28H34N6O2. The molecule has 0 amide bonds. The summed E-state index contributed by atoms with van der Waals surface area (Å²) >= 11 is 0. The molecule has 0 saturated carbocycles. The Morgan fingerprint density at radius 3 is 2.81 bits per heavy atom. The number of likely N-dealkylation sites (tertiary alicyclic amines) is 1. The minimum Gasteiger partial charge on any atom is -0.390 e. The number of ether oxygens (including phenoxy) is 1. The van der Waals surface area contributed by atoms with Crippen molar-refractivity contribution >= 4 is 22.3 Å². The number of aliphatic hydroxyl groups is 1. The monoisotopic (exact) mass is 486 g/mol. The van der Waals surface area contributed by atoms with Crippen LogP contribution in [0.3, 0.4) is 0 Å². The highest BCUT2D eigenvalue weighted by Crippen LogP contribution is 2.30. The molecule has 2 fully saturated rings. The molecule has 188 valence electrons. The molecule has 3 aromatic rings. The van der Waals surface area contributed by atoms with Gasteiger partial charge in [-0.25, -0.2) is 0 Å². The Morgan fingerprint density at radius 2 is 2.03 bits per heavy atom. The number of nitrogens with one attached hydrogen (secondary N) is 1. The van der Waals surface area contributed by atoms with Crippen molar-refractivity contribution in [3.05, 3.63) is 59.5 Å². The van der Waals surface area contributed by atoms with E-state index in [4.69, 9.17) is 4.74 Å². The molecule has 1 aromatic carbocycles. The van der Waals surface area contributed by atoms with Crippen LogP contribution in [0.25, 0.3) is 10.9 Å². The number of nitriles is 1. The first-order chi connectivity index (χ1) is 17.5. The van der Waals surface area contributed by atoms with Crippen LogP contribution in [0.5, 0.6) is 0 Å². The van der Waals surface area contributed by atoms with E-state index < -0.39 is 0 Å². The summed E-state index contributed by atoms with van der Waals surface area (Å²) in [5.41, 5.74) is 5.15. The molecule has 2 unspecified atom stereocenters. The first-order valence-corrected chi connectivity index (χ1v) is 12.8. The average molecular weight is 487 g/mol. The lowest BCUT2D eigenvalue weighted by Gasteiger charge is -2.41. The Hall–Kier alpha value is -3.25. The molecule has 0 spiro atoms. The lowest BCUT2D eigenvalue weighted by molar-refractivity contribution is -0.0346. The first kappa shape index (κ1) is 24.4. The number of anilines is 2. The Kier molecular flexibility index (Phi) is 7.33. The number of aliphatic hydroxyl groups excluding tert-OH is 1. The van der Waals surface area contributed by atoms with Gasteiger partial charge in [0.05, 0.1) is 35.6 Å². The molecule has 0 aliphatic carbocycles. The fraction of sp³-hybridized carbons (Fsp3) is 0.464. The third kappa shape index (κ3) is 5.44. The molecule has 2 atom stereocenters. The summed E-state index contributed by atoms with van der Waals surface area (Å²) in [6, 6.07) is 14.6. The molecule has 0 radical (unpaired) electrons. The van der Waals surface area contributed by atoms with Crippen LogP contribution in [0.15, 0.2) is 42.6 Å². The van der Waals surface area contributed by atoms with Gasteiger partial charge in [-0.2, -0.15) is 5.26 Å². The fourth-order valence-corrected chi connectivity index (χ4v) is 5.55. The smallest absolute Gasteiger partial charge is 0.101 e. The molecule has 2 N–H and O–H groups in total. The van der Waals surface area contributed by atoms with Crippen molar-refractivity contribution in [2.45, 2.75) is 51.5 Å². The van der Waals surface area contributed by atoms with Crippen LogP contribution < -0.4 is 10.2 Å². The van der Waals surface area contributed by atoms with E-state index >= 15 is 0 Å². The molecule has 2 aromatic heterocycles. The summed E-state index contributed by atoms with van der Waals surface area (Å²) in [5, 5.41) is 23.6. The van der Waals surface area contributed by atoms with Crippen molar-refractivity contribution in [1.82, 2.24) is 14.9 Å². The molecule has 2 aliphatic heterocycles. The molecule has 8 heteroatoms. The van der Waals surface area contributed by atoms with Gasteiger partial charge in [0.1, 0.15) is 6.07 Å². The number of nitrogens with zero attached hydrogens (tertiary/aromatic N) is 5. The Balaban J connectivity index is 1.21. The predicted molar refractivity (Wildman–Crippen MR) is 141 cm³/mol. The van der Waals surface area contributed by atoms with Crippen molar-refractivity contribution < 1.29 is 9.84 Å². The number of hydrogen-bond donors (Lipinski definition) is 2. The second kappa shape index (κ2) is 10.8. The van der Waals surface area contributed by atoms with Crippen LogP contribution in [0.2, 0.25) is 0 Å². The van der Waals surface area contributed by atoms with Crippen molar-refractivity contribution in [2.75, 3.05) is 42.9 Å². The minimum atomic E-state index is -0.0413.